The lowest BCUT2D eigenvalue weighted by molar-refractivity contribution is -0.146. The van der Waals surface area contributed by atoms with Gasteiger partial charge in [0.1, 0.15) is 30.3 Å². The van der Waals surface area contributed by atoms with E-state index in [0.717, 1.165) is 13.0 Å². The van der Waals surface area contributed by atoms with Crippen LogP contribution in [0.15, 0.2) is 48.5 Å². The second-order valence-corrected chi connectivity index (χ2v) is 7.41. The van der Waals surface area contributed by atoms with Gasteiger partial charge in [0.05, 0.1) is 17.2 Å². The molecular weight excluding hydrogens is 414 g/mol. The van der Waals surface area contributed by atoms with Gasteiger partial charge in [0, 0.05) is 26.6 Å². The van der Waals surface area contributed by atoms with Crippen molar-refractivity contribution in [3.05, 3.63) is 59.7 Å². The van der Waals surface area contributed by atoms with E-state index in [0.29, 0.717) is 24.4 Å². The van der Waals surface area contributed by atoms with Crippen LogP contribution in [-0.4, -0.2) is 60.3 Å². The van der Waals surface area contributed by atoms with Gasteiger partial charge in [-0.3, -0.25) is 14.5 Å². The van der Waals surface area contributed by atoms with Gasteiger partial charge < -0.3 is 19.4 Å². The van der Waals surface area contributed by atoms with Crippen molar-refractivity contribution >= 4 is 11.9 Å². The molecule has 0 aliphatic carbocycles. The SMILES string of the molecule is CC(=O)ONC(=O)c1ccccc1OCC(O)CN1CCC(Oc2ccc(C#N)cc2)C1. The van der Waals surface area contributed by atoms with Crippen LogP contribution in [0.1, 0.15) is 29.3 Å². The van der Waals surface area contributed by atoms with Crippen LogP contribution in [0.4, 0.5) is 0 Å². The number of nitrogens with one attached hydrogen (secondary N) is 1. The van der Waals surface area contributed by atoms with Crippen molar-refractivity contribution in [3.8, 4) is 17.6 Å². The molecule has 168 valence electrons. The Morgan fingerprint density at radius 3 is 2.72 bits per heavy atom. The molecule has 1 saturated heterocycles. The number of aliphatic hydroxyl groups is 1. The fraction of sp³-hybridized carbons (Fsp3) is 0.348. The highest BCUT2D eigenvalue weighted by molar-refractivity contribution is 5.96. The van der Waals surface area contributed by atoms with Crippen molar-refractivity contribution in [2.45, 2.75) is 25.6 Å². The number of hydrogen-bond donors (Lipinski definition) is 2. The van der Waals surface area contributed by atoms with Gasteiger partial charge >= 0.3 is 5.97 Å². The van der Waals surface area contributed by atoms with Crippen LogP contribution in [0.25, 0.3) is 0 Å². The number of hydrogen-bond acceptors (Lipinski definition) is 8. The molecule has 9 nitrogen and oxygen atoms in total. The minimum Gasteiger partial charge on any atom is -0.490 e. The standard InChI is InChI=1S/C23H25N3O6/c1-16(27)32-25-23(29)21-4-2-3-5-22(21)30-15-18(28)13-26-11-10-20(14-26)31-19-8-6-17(12-24)7-9-19/h2-9,18,20,28H,10-11,13-15H2,1H3,(H,25,29). The minimum absolute atomic E-state index is 0.00162. The quantitative estimate of drug-likeness (QED) is 0.596. The van der Waals surface area contributed by atoms with Crippen LogP contribution in [0.2, 0.25) is 0 Å². The summed E-state index contributed by atoms with van der Waals surface area (Å²) in [5.74, 6) is -0.269. The Balaban J connectivity index is 1.45. The number of para-hydroxylation sites is 1. The number of carbonyl (C=O) groups is 2. The molecule has 32 heavy (non-hydrogen) atoms. The number of hydroxylamine groups is 1. The molecule has 0 spiro atoms. The zero-order chi connectivity index (χ0) is 22.9. The summed E-state index contributed by atoms with van der Waals surface area (Å²) in [6.07, 6.45) is 0.0576. The number of aliphatic hydroxyl groups excluding tert-OH is 1. The normalized spacial score (nSPS) is 16.6. The molecule has 2 aromatic rings. The van der Waals surface area contributed by atoms with E-state index in [1.807, 2.05) is 5.48 Å². The van der Waals surface area contributed by atoms with E-state index in [-0.39, 0.29) is 24.0 Å². The number of likely N-dealkylation sites (tertiary alicyclic amines) is 1. The summed E-state index contributed by atoms with van der Waals surface area (Å²) < 4.78 is 11.6. The number of rotatable bonds is 8. The molecule has 2 N–H and O–H groups in total. The number of nitriles is 1. The lowest BCUT2D eigenvalue weighted by atomic mass is 10.2. The van der Waals surface area contributed by atoms with E-state index in [2.05, 4.69) is 15.8 Å². The zero-order valence-electron chi connectivity index (χ0n) is 17.7. The van der Waals surface area contributed by atoms with Gasteiger partial charge in [0.2, 0.25) is 0 Å². The van der Waals surface area contributed by atoms with Gasteiger partial charge in [-0.2, -0.15) is 10.7 Å². The second-order valence-electron chi connectivity index (χ2n) is 7.41. The maximum atomic E-state index is 12.1. The Kier molecular flexibility index (Phi) is 8.02. The topological polar surface area (TPSA) is 121 Å². The Morgan fingerprint density at radius 2 is 2.00 bits per heavy atom. The van der Waals surface area contributed by atoms with E-state index in [1.165, 1.54) is 13.0 Å². The highest BCUT2D eigenvalue weighted by Gasteiger charge is 2.26. The highest BCUT2D eigenvalue weighted by atomic mass is 16.7. The summed E-state index contributed by atoms with van der Waals surface area (Å²) >= 11 is 0. The molecule has 1 amide bonds. The number of benzene rings is 2. The number of amides is 1. The van der Waals surface area contributed by atoms with Crippen LogP contribution >= 0.6 is 0 Å². The third-order valence-corrected chi connectivity index (χ3v) is 4.83. The molecular formula is C23H25N3O6. The van der Waals surface area contributed by atoms with Gasteiger partial charge in [0.25, 0.3) is 5.91 Å². The minimum atomic E-state index is -0.770. The molecule has 0 aromatic heterocycles. The zero-order valence-corrected chi connectivity index (χ0v) is 17.7. The summed E-state index contributed by atoms with van der Waals surface area (Å²) in [7, 11) is 0. The van der Waals surface area contributed by atoms with Crippen LogP contribution in [-0.2, 0) is 9.63 Å². The molecule has 0 saturated carbocycles. The smallest absolute Gasteiger partial charge is 0.329 e. The molecule has 1 heterocycles. The molecule has 1 fully saturated rings. The molecule has 2 atom stereocenters. The van der Waals surface area contributed by atoms with Crippen molar-refractivity contribution in [2.24, 2.45) is 0 Å². The molecule has 2 unspecified atom stereocenters. The predicted molar refractivity (Wildman–Crippen MR) is 114 cm³/mol. The fourth-order valence-electron chi connectivity index (χ4n) is 3.35. The lowest BCUT2D eigenvalue weighted by Crippen LogP contribution is -2.35. The van der Waals surface area contributed by atoms with Crippen LogP contribution in [0, 0.1) is 11.3 Å². The molecule has 0 radical (unpaired) electrons. The molecule has 1 aliphatic heterocycles. The van der Waals surface area contributed by atoms with Crippen molar-refractivity contribution < 1.29 is 29.0 Å². The van der Waals surface area contributed by atoms with E-state index in [4.69, 9.17) is 14.7 Å². The van der Waals surface area contributed by atoms with Gasteiger partial charge in [-0.1, -0.05) is 12.1 Å². The molecule has 9 heteroatoms. The van der Waals surface area contributed by atoms with Gasteiger partial charge in [-0.05, 0) is 42.8 Å². The predicted octanol–water partition coefficient (Wildman–Crippen LogP) is 1.66. The first-order chi connectivity index (χ1) is 15.4. The average molecular weight is 439 g/mol. The first kappa shape index (κ1) is 23.1. The van der Waals surface area contributed by atoms with E-state index in [9.17, 15) is 14.7 Å². The second kappa shape index (κ2) is 11.1. The Hall–Kier alpha value is -3.61. The third-order valence-electron chi connectivity index (χ3n) is 4.83. The van der Waals surface area contributed by atoms with E-state index >= 15 is 0 Å². The average Bonchev–Trinajstić information content (AvgIpc) is 3.23. The first-order valence-corrected chi connectivity index (χ1v) is 10.2. The van der Waals surface area contributed by atoms with Crippen molar-refractivity contribution in [1.29, 1.82) is 5.26 Å². The third kappa shape index (κ3) is 6.70. The largest absolute Gasteiger partial charge is 0.490 e. The first-order valence-electron chi connectivity index (χ1n) is 10.2. The van der Waals surface area contributed by atoms with Crippen LogP contribution in [0.3, 0.4) is 0 Å². The van der Waals surface area contributed by atoms with Crippen molar-refractivity contribution in [1.82, 2.24) is 10.4 Å². The van der Waals surface area contributed by atoms with Crippen molar-refractivity contribution in [3.63, 3.8) is 0 Å². The Morgan fingerprint density at radius 1 is 1.25 bits per heavy atom. The van der Waals surface area contributed by atoms with E-state index in [1.54, 1.807) is 42.5 Å². The number of ether oxygens (including phenoxy) is 2. The summed E-state index contributed by atoms with van der Waals surface area (Å²) in [4.78, 5) is 29.6. The monoisotopic (exact) mass is 439 g/mol. The van der Waals surface area contributed by atoms with Gasteiger partial charge in [0.15, 0.2) is 0 Å². The summed E-state index contributed by atoms with van der Waals surface area (Å²) in [5.41, 5.74) is 2.82. The Bertz CT molecular complexity index is 972. The van der Waals surface area contributed by atoms with Crippen LogP contribution < -0.4 is 15.0 Å². The van der Waals surface area contributed by atoms with Gasteiger partial charge in [-0.25, -0.2) is 0 Å². The number of β-amino-alcohol motifs (C(OH)–C–C–N with tert-alkyl or cyclic N) is 1. The molecule has 3 rings (SSSR count). The molecule has 0 bridgehead atoms. The summed E-state index contributed by atoms with van der Waals surface area (Å²) in [5, 5.41) is 19.3. The van der Waals surface area contributed by atoms with Crippen LogP contribution in [0.5, 0.6) is 11.5 Å². The fourth-order valence-corrected chi connectivity index (χ4v) is 3.35. The maximum absolute atomic E-state index is 12.1. The molecule has 1 aliphatic rings. The highest BCUT2D eigenvalue weighted by Crippen LogP contribution is 2.20. The number of carbonyl (C=O) groups excluding carboxylic acids is 2. The summed E-state index contributed by atoms with van der Waals surface area (Å²) in [6.45, 7) is 3.01. The Labute approximate surface area is 186 Å². The lowest BCUT2D eigenvalue weighted by Gasteiger charge is -2.21. The number of nitrogens with zero attached hydrogens (tertiary/aromatic N) is 2. The van der Waals surface area contributed by atoms with Crippen molar-refractivity contribution in [2.75, 3.05) is 26.2 Å². The maximum Gasteiger partial charge on any atom is 0.329 e. The molecule has 2 aromatic carbocycles. The van der Waals surface area contributed by atoms with Gasteiger partial charge in [-0.15, -0.1) is 0 Å². The van der Waals surface area contributed by atoms with E-state index < -0.39 is 18.0 Å². The summed E-state index contributed by atoms with van der Waals surface area (Å²) in [6, 6.07) is 15.6.